The summed E-state index contributed by atoms with van der Waals surface area (Å²) in [6.07, 6.45) is 2.69. The zero-order valence-corrected chi connectivity index (χ0v) is 12.8. The molecule has 4 nitrogen and oxygen atoms in total. The third-order valence-electron chi connectivity index (χ3n) is 2.66. The molecular weight excluding hydrogens is 320 g/mol. The van der Waals surface area contributed by atoms with Gasteiger partial charge >= 0.3 is 0 Å². The summed E-state index contributed by atoms with van der Waals surface area (Å²) in [5.74, 6) is 0.555. The van der Waals surface area contributed by atoms with Crippen LogP contribution in [0.4, 0.5) is 0 Å². The van der Waals surface area contributed by atoms with Crippen molar-refractivity contribution in [3.63, 3.8) is 0 Å². The Hall–Kier alpha value is -0.490. The first-order valence-corrected chi connectivity index (χ1v) is 6.41. The Labute approximate surface area is 122 Å². The van der Waals surface area contributed by atoms with E-state index in [1.165, 1.54) is 7.11 Å². The summed E-state index contributed by atoms with van der Waals surface area (Å²) in [6, 6.07) is 3.34. The second kappa shape index (κ2) is 8.58. The Morgan fingerprint density at radius 2 is 2.06 bits per heavy atom. The molecule has 1 atom stereocenters. The number of hydrogen-bond acceptors (Lipinski definition) is 4. The Morgan fingerprint density at radius 3 is 2.61 bits per heavy atom. The SMILES string of the molecule is COc1cc(Br)cc([C@@H](N)CCCCN)c1O.Cl. The number of hydrogen-bond donors (Lipinski definition) is 3. The van der Waals surface area contributed by atoms with Gasteiger partial charge in [0.2, 0.25) is 0 Å². The van der Waals surface area contributed by atoms with Gasteiger partial charge in [0.1, 0.15) is 0 Å². The predicted octanol–water partition coefficient (Wildman–Crippen LogP) is 2.71. The van der Waals surface area contributed by atoms with E-state index in [1.54, 1.807) is 6.07 Å². The number of methoxy groups -OCH3 is 1. The number of benzene rings is 1. The van der Waals surface area contributed by atoms with E-state index >= 15 is 0 Å². The maximum atomic E-state index is 9.99. The maximum Gasteiger partial charge on any atom is 0.162 e. The summed E-state index contributed by atoms with van der Waals surface area (Å²) in [7, 11) is 1.52. The summed E-state index contributed by atoms with van der Waals surface area (Å²) < 4.78 is 5.93. The Kier molecular flexibility index (Phi) is 8.35. The number of aromatic hydroxyl groups is 1. The molecule has 0 amide bonds. The zero-order chi connectivity index (χ0) is 12.8. The van der Waals surface area contributed by atoms with Crippen molar-refractivity contribution in [3.05, 3.63) is 22.2 Å². The van der Waals surface area contributed by atoms with Crippen LogP contribution in [0.3, 0.4) is 0 Å². The van der Waals surface area contributed by atoms with Gasteiger partial charge in [-0.25, -0.2) is 0 Å². The molecule has 5 N–H and O–H groups in total. The van der Waals surface area contributed by atoms with Crippen LogP contribution in [0.15, 0.2) is 16.6 Å². The van der Waals surface area contributed by atoms with Crippen molar-refractivity contribution < 1.29 is 9.84 Å². The quantitative estimate of drug-likeness (QED) is 0.696. The van der Waals surface area contributed by atoms with Crippen molar-refractivity contribution in [1.82, 2.24) is 0 Å². The summed E-state index contributed by atoms with van der Waals surface area (Å²) in [4.78, 5) is 0. The molecule has 104 valence electrons. The lowest BCUT2D eigenvalue weighted by Crippen LogP contribution is -2.11. The van der Waals surface area contributed by atoms with E-state index in [2.05, 4.69) is 15.9 Å². The Bertz CT molecular complexity index is 377. The molecule has 1 aromatic carbocycles. The molecule has 6 heteroatoms. The molecule has 0 heterocycles. The van der Waals surface area contributed by atoms with Gasteiger partial charge in [0.25, 0.3) is 0 Å². The van der Waals surface area contributed by atoms with Crippen molar-refractivity contribution >= 4 is 28.3 Å². The molecule has 1 aromatic rings. The van der Waals surface area contributed by atoms with Crippen LogP contribution in [0.1, 0.15) is 30.9 Å². The molecule has 0 bridgehead atoms. The van der Waals surface area contributed by atoms with Crippen molar-refractivity contribution in [2.45, 2.75) is 25.3 Å². The Morgan fingerprint density at radius 1 is 1.39 bits per heavy atom. The molecule has 18 heavy (non-hydrogen) atoms. The minimum absolute atomic E-state index is 0. The number of phenolic OH excluding ortho intramolecular Hbond substituents is 1. The first kappa shape index (κ1) is 17.5. The van der Waals surface area contributed by atoms with E-state index in [4.69, 9.17) is 16.2 Å². The third-order valence-corrected chi connectivity index (χ3v) is 3.12. The molecule has 0 aromatic heterocycles. The molecule has 0 spiro atoms. The van der Waals surface area contributed by atoms with Crippen LogP contribution in [0.5, 0.6) is 11.5 Å². The van der Waals surface area contributed by atoms with E-state index in [1.807, 2.05) is 6.07 Å². The van der Waals surface area contributed by atoms with E-state index in [9.17, 15) is 5.11 Å². The molecule has 0 aliphatic rings. The number of unbranched alkanes of at least 4 members (excludes halogenated alkanes) is 1. The predicted molar refractivity (Wildman–Crippen MR) is 79.4 cm³/mol. The lowest BCUT2D eigenvalue weighted by molar-refractivity contribution is 0.367. The maximum absolute atomic E-state index is 9.99. The zero-order valence-electron chi connectivity index (χ0n) is 10.4. The smallest absolute Gasteiger partial charge is 0.162 e. The van der Waals surface area contributed by atoms with Crippen molar-refractivity contribution in [2.75, 3.05) is 13.7 Å². The molecule has 1 rings (SSSR count). The average molecular weight is 340 g/mol. The van der Waals surface area contributed by atoms with Crippen LogP contribution < -0.4 is 16.2 Å². The molecule has 0 saturated carbocycles. The molecule has 0 fully saturated rings. The van der Waals surface area contributed by atoms with E-state index in [-0.39, 0.29) is 24.2 Å². The molecule has 0 saturated heterocycles. The topological polar surface area (TPSA) is 81.5 Å². The first-order chi connectivity index (χ1) is 8.10. The molecule has 0 aliphatic heterocycles. The highest BCUT2D eigenvalue weighted by Crippen LogP contribution is 2.37. The van der Waals surface area contributed by atoms with Crippen molar-refractivity contribution in [2.24, 2.45) is 11.5 Å². The first-order valence-electron chi connectivity index (χ1n) is 5.62. The van der Waals surface area contributed by atoms with Gasteiger partial charge in [-0.3, -0.25) is 0 Å². The fourth-order valence-electron chi connectivity index (χ4n) is 1.70. The van der Waals surface area contributed by atoms with Gasteiger partial charge in [-0.2, -0.15) is 0 Å². The largest absolute Gasteiger partial charge is 0.504 e. The lowest BCUT2D eigenvalue weighted by Gasteiger charge is -2.16. The lowest BCUT2D eigenvalue weighted by atomic mass is 10.0. The minimum atomic E-state index is -0.201. The molecular formula is C12H20BrClN2O2. The van der Waals surface area contributed by atoms with Crippen LogP contribution in [-0.2, 0) is 0 Å². The van der Waals surface area contributed by atoms with E-state index < -0.39 is 0 Å². The van der Waals surface area contributed by atoms with Gasteiger partial charge in [0.05, 0.1) is 7.11 Å². The van der Waals surface area contributed by atoms with E-state index in [0.717, 1.165) is 23.7 Å². The summed E-state index contributed by atoms with van der Waals surface area (Å²) in [5.41, 5.74) is 12.2. The number of halogens is 2. The van der Waals surface area contributed by atoms with Crippen LogP contribution in [0.2, 0.25) is 0 Å². The summed E-state index contributed by atoms with van der Waals surface area (Å²) in [5, 5.41) is 9.99. The molecule has 0 radical (unpaired) electrons. The highest BCUT2D eigenvalue weighted by atomic mass is 79.9. The van der Waals surface area contributed by atoms with Gasteiger partial charge in [-0.1, -0.05) is 22.4 Å². The fourth-order valence-corrected chi connectivity index (χ4v) is 2.15. The fraction of sp³-hybridized carbons (Fsp3) is 0.500. The minimum Gasteiger partial charge on any atom is -0.504 e. The highest BCUT2D eigenvalue weighted by Gasteiger charge is 2.15. The average Bonchev–Trinajstić information content (AvgIpc) is 2.31. The second-order valence-electron chi connectivity index (χ2n) is 3.94. The Balaban J connectivity index is 0.00000289. The summed E-state index contributed by atoms with van der Waals surface area (Å²) in [6.45, 7) is 0.667. The van der Waals surface area contributed by atoms with Gasteiger partial charge in [-0.05, 0) is 31.5 Å². The van der Waals surface area contributed by atoms with Crippen molar-refractivity contribution in [3.8, 4) is 11.5 Å². The van der Waals surface area contributed by atoms with Crippen LogP contribution >= 0.6 is 28.3 Å². The standard InChI is InChI=1S/C12H19BrN2O2.ClH/c1-17-11-7-8(13)6-9(12(11)16)10(15)4-2-3-5-14;/h6-7,10,16H,2-5,14-15H2,1H3;1H/t10-;/m0./s1. The monoisotopic (exact) mass is 338 g/mol. The molecule has 0 unspecified atom stereocenters. The highest BCUT2D eigenvalue weighted by molar-refractivity contribution is 9.10. The number of rotatable bonds is 6. The van der Waals surface area contributed by atoms with Gasteiger partial charge in [0.15, 0.2) is 11.5 Å². The van der Waals surface area contributed by atoms with Crippen LogP contribution in [-0.4, -0.2) is 18.8 Å². The van der Waals surface area contributed by atoms with Crippen LogP contribution in [0, 0.1) is 0 Å². The van der Waals surface area contributed by atoms with Gasteiger partial charge in [-0.15, -0.1) is 12.4 Å². The van der Waals surface area contributed by atoms with Gasteiger partial charge in [0, 0.05) is 16.1 Å². The number of ether oxygens (including phenoxy) is 1. The van der Waals surface area contributed by atoms with Gasteiger partial charge < -0.3 is 21.3 Å². The number of phenols is 1. The normalized spacial score (nSPS) is 11.8. The molecule has 0 aliphatic carbocycles. The van der Waals surface area contributed by atoms with Crippen LogP contribution in [0.25, 0.3) is 0 Å². The van der Waals surface area contributed by atoms with E-state index in [0.29, 0.717) is 17.9 Å². The summed E-state index contributed by atoms with van der Waals surface area (Å²) >= 11 is 3.37. The third kappa shape index (κ3) is 4.65. The van der Waals surface area contributed by atoms with Crippen molar-refractivity contribution in [1.29, 1.82) is 0 Å². The number of nitrogens with two attached hydrogens (primary N) is 2. The second-order valence-corrected chi connectivity index (χ2v) is 4.85.